The Morgan fingerprint density at radius 3 is 2.58 bits per heavy atom. The normalized spacial score (nSPS) is 14.4. The highest BCUT2D eigenvalue weighted by molar-refractivity contribution is 14.1. The zero-order chi connectivity index (χ0) is 25.8. The van der Waals surface area contributed by atoms with Gasteiger partial charge in [0.15, 0.2) is 11.5 Å². The Morgan fingerprint density at radius 1 is 1.06 bits per heavy atom. The molecule has 0 saturated carbocycles. The SMILES string of the molecule is CCOc1cc(/C=C2/NC(=O)N(Cc3cccc(C)c3)C2=O)cc(I)c1OCc1ccc(Cl)cc1Cl. The second kappa shape index (κ2) is 11.5. The molecule has 3 amide bonds. The highest BCUT2D eigenvalue weighted by Crippen LogP contribution is 2.36. The van der Waals surface area contributed by atoms with E-state index in [9.17, 15) is 9.59 Å². The van der Waals surface area contributed by atoms with E-state index in [0.29, 0.717) is 33.7 Å². The van der Waals surface area contributed by atoms with Crippen molar-refractivity contribution in [3.63, 3.8) is 0 Å². The number of nitrogens with zero attached hydrogens (tertiary/aromatic N) is 1. The quantitative estimate of drug-likeness (QED) is 0.165. The first kappa shape index (κ1) is 26.3. The van der Waals surface area contributed by atoms with Gasteiger partial charge >= 0.3 is 6.03 Å². The van der Waals surface area contributed by atoms with Gasteiger partial charge in [0, 0.05) is 15.6 Å². The van der Waals surface area contributed by atoms with Crippen LogP contribution >= 0.6 is 45.8 Å². The van der Waals surface area contributed by atoms with Gasteiger partial charge in [0.1, 0.15) is 12.3 Å². The summed E-state index contributed by atoms with van der Waals surface area (Å²) >= 11 is 14.4. The molecule has 0 unspecified atom stereocenters. The average Bonchev–Trinajstić information content (AvgIpc) is 3.07. The van der Waals surface area contributed by atoms with Gasteiger partial charge in [-0.3, -0.25) is 9.69 Å². The third-order valence-electron chi connectivity index (χ3n) is 5.42. The Balaban J connectivity index is 1.56. The molecule has 3 aromatic carbocycles. The lowest BCUT2D eigenvalue weighted by atomic mass is 10.1. The lowest BCUT2D eigenvalue weighted by Crippen LogP contribution is -2.30. The molecule has 3 aromatic rings. The number of amides is 3. The Bertz CT molecular complexity index is 1360. The molecule has 1 aliphatic heterocycles. The van der Waals surface area contributed by atoms with E-state index in [0.717, 1.165) is 20.3 Å². The Hall–Kier alpha value is -2.75. The van der Waals surface area contributed by atoms with Crippen molar-refractivity contribution in [2.24, 2.45) is 0 Å². The number of halogens is 3. The van der Waals surface area contributed by atoms with E-state index >= 15 is 0 Å². The van der Waals surface area contributed by atoms with Crippen molar-refractivity contribution in [1.82, 2.24) is 10.2 Å². The Morgan fingerprint density at radius 2 is 1.86 bits per heavy atom. The van der Waals surface area contributed by atoms with Crippen molar-refractivity contribution in [3.05, 3.63) is 96.2 Å². The number of urea groups is 1. The summed E-state index contributed by atoms with van der Waals surface area (Å²) in [5.74, 6) is 0.704. The molecule has 0 bridgehead atoms. The molecular weight excluding hydrogens is 614 g/mol. The Labute approximate surface area is 233 Å². The van der Waals surface area contributed by atoms with Gasteiger partial charge in [-0.2, -0.15) is 0 Å². The fourth-order valence-corrected chi connectivity index (χ4v) is 4.98. The van der Waals surface area contributed by atoms with E-state index in [2.05, 4.69) is 27.9 Å². The van der Waals surface area contributed by atoms with Crippen LogP contribution in [-0.2, 0) is 17.9 Å². The molecule has 1 aliphatic rings. The third-order valence-corrected chi connectivity index (χ3v) is 6.80. The number of carbonyl (C=O) groups is 2. The molecule has 0 atom stereocenters. The summed E-state index contributed by atoms with van der Waals surface area (Å²) in [6.07, 6.45) is 1.64. The summed E-state index contributed by atoms with van der Waals surface area (Å²) in [6.45, 7) is 4.70. The van der Waals surface area contributed by atoms with Crippen molar-refractivity contribution in [2.45, 2.75) is 27.0 Å². The van der Waals surface area contributed by atoms with Crippen molar-refractivity contribution in [3.8, 4) is 11.5 Å². The van der Waals surface area contributed by atoms with Gasteiger partial charge in [0.05, 0.1) is 16.7 Å². The van der Waals surface area contributed by atoms with Crippen LogP contribution in [0.25, 0.3) is 6.08 Å². The number of carbonyl (C=O) groups excluding carboxylic acids is 2. The minimum Gasteiger partial charge on any atom is -0.490 e. The zero-order valence-electron chi connectivity index (χ0n) is 19.6. The monoisotopic (exact) mass is 636 g/mol. The molecule has 4 rings (SSSR count). The molecule has 0 aliphatic carbocycles. The minimum atomic E-state index is -0.452. The second-order valence-electron chi connectivity index (χ2n) is 8.16. The molecule has 36 heavy (non-hydrogen) atoms. The predicted octanol–water partition coefficient (Wildman–Crippen LogP) is 6.98. The Kier molecular flexibility index (Phi) is 8.43. The van der Waals surface area contributed by atoms with Gasteiger partial charge in [-0.15, -0.1) is 0 Å². The van der Waals surface area contributed by atoms with Gasteiger partial charge in [0.2, 0.25) is 0 Å². The van der Waals surface area contributed by atoms with Gasteiger partial charge in [-0.1, -0.05) is 59.1 Å². The first-order valence-corrected chi connectivity index (χ1v) is 13.0. The third kappa shape index (κ3) is 6.14. The maximum Gasteiger partial charge on any atom is 0.329 e. The highest BCUT2D eigenvalue weighted by atomic mass is 127. The van der Waals surface area contributed by atoms with Crippen LogP contribution in [0.3, 0.4) is 0 Å². The number of hydrogen-bond acceptors (Lipinski definition) is 4. The smallest absolute Gasteiger partial charge is 0.329 e. The van der Waals surface area contributed by atoms with Crippen LogP contribution in [0, 0.1) is 10.5 Å². The molecule has 0 spiro atoms. The largest absolute Gasteiger partial charge is 0.490 e. The van der Waals surface area contributed by atoms with Crippen LogP contribution in [0.4, 0.5) is 4.79 Å². The van der Waals surface area contributed by atoms with E-state index in [1.807, 2.05) is 50.2 Å². The molecule has 1 saturated heterocycles. The number of ether oxygens (including phenoxy) is 2. The maximum atomic E-state index is 13.0. The molecule has 0 radical (unpaired) electrons. The summed E-state index contributed by atoms with van der Waals surface area (Å²) < 4.78 is 12.7. The fraction of sp³-hybridized carbons (Fsp3) is 0.185. The van der Waals surface area contributed by atoms with Crippen LogP contribution in [0.2, 0.25) is 10.0 Å². The molecule has 9 heteroatoms. The summed E-state index contributed by atoms with van der Waals surface area (Å²) in [6, 6.07) is 16.1. The van der Waals surface area contributed by atoms with E-state index in [1.165, 1.54) is 4.90 Å². The number of imide groups is 1. The van der Waals surface area contributed by atoms with Crippen LogP contribution in [0.1, 0.15) is 29.2 Å². The summed E-state index contributed by atoms with van der Waals surface area (Å²) in [7, 11) is 0. The number of nitrogens with one attached hydrogen (secondary N) is 1. The van der Waals surface area contributed by atoms with E-state index in [-0.39, 0.29) is 24.8 Å². The topological polar surface area (TPSA) is 67.9 Å². The molecule has 1 fully saturated rings. The van der Waals surface area contributed by atoms with Crippen molar-refractivity contribution >= 4 is 63.8 Å². The first-order chi connectivity index (χ1) is 17.2. The average molecular weight is 637 g/mol. The summed E-state index contributed by atoms with van der Waals surface area (Å²) in [5, 5.41) is 3.75. The van der Waals surface area contributed by atoms with Gasteiger partial charge < -0.3 is 14.8 Å². The van der Waals surface area contributed by atoms with Gasteiger partial charge in [0.25, 0.3) is 5.91 Å². The van der Waals surface area contributed by atoms with E-state index in [1.54, 1.807) is 24.3 Å². The van der Waals surface area contributed by atoms with Crippen LogP contribution < -0.4 is 14.8 Å². The fourth-order valence-electron chi connectivity index (χ4n) is 3.74. The molecule has 0 aromatic heterocycles. The molecule has 1 N–H and O–H groups in total. The van der Waals surface area contributed by atoms with E-state index in [4.69, 9.17) is 32.7 Å². The lowest BCUT2D eigenvalue weighted by molar-refractivity contribution is -0.123. The second-order valence-corrected chi connectivity index (χ2v) is 10.2. The lowest BCUT2D eigenvalue weighted by Gasteiger charge is -2.15. The molecule has 6 nitrogen and oxygen atoms in total. The van der Waals surface area contributed by atoms with Crippen LogP contribution in [-0.4, -0.2) is 23.4 Å². The summed E-state index contributed by atoms with van der Waals surface area (Å²) in [5.41, 5.74) is 3.64. The standard InChI is InChI=1S/C27H23Cl2IN2O4/c1-3-35-24-12-18(10-22(30)25(24)36-15-19-7-8-20(28)13-21(19)29)11-23-26(33)32(27(34)31-23)14-17-6-4-5-16(2)9-17/h4-13H,3,14-15H2,1-2H3,(H,31,34)/b23-11+. The molecule has 1 heterocycles. The zero-order valence-corrected chi connectivity index (χ0v) is 23.3. The van der Waals surface area contributed by atoms with Crippen molar-refractivity contribution < 1.29 is 19.1 Å². The maximum absolute atomic E-state index is 13.0. The summed E-state index contributed by atoms with van der Waals surface area (Å²) in [4.78, 5) is 26.7. The first-order valence-electron chi connectivity index (χ1n) is 11.2. The molecule has 186 valence electrons. The highest BCUT2D eigenvalue weighted by Gasteiger charge is 2.33. The van der Waals surface area contributed by atoms with Crippen molar-refractivity contribution in [1.29, 1.82) is 0 Å². The number of benzene rings is 3. The van der Waals surface area contributed by atoms with Crippen LogP contribution in [0.5, 0.6) is 11.5 Å². The number of aryl methyl sites for hydroxylation is 1. The predicted molar refractivity (Wildman–Crippen MR) is 149 cm³/mol. The minimum absolute atomic E-state index is 0.200. The van der Waals surface area contributed by atoms with E-state index < -0.39 is 6.03 Å². The number of hydrogen-bond donors (Lipinski definition) is 1. The number of rotatable bonds is 8. The van der Waals surface area contributed by atoms with Crippen LogP contribution in [0.15, 0.2) is 60.3 Å². The molecular formula is C27H23Cl2IN2O4. The van der Waals surface area contributed by atoms with Crippen molar-refractivity contribution in [2.75, 3.05) is 6.61 Å². The van der Waals surface area contributed by atoms with Gasteiger partial charge in [-0.05, 0) is 77.9 Å². The van der Waals surface area contributed by atoms with Gasteiger partial charge in [-0.25, -0.2) is 4.79 Å².